The summed E-state index contributed by atoms with van der Waals surface area (Å²) in [4.78, 5) is 31.9. The van der Waals surface area contributed by atoms with Gasteiger partial charge in [-0.2, -0.15) is 0 Å². The highest BCUT2D eigenvalue weighted by Gasteiger charge is 2.46. The fraction of sp³-hybridized carbons (Fsp3) is 0.478. The van der Waals surface area contributed by atoms with Crippen LogP contribution in [-0.4, -0.2) is 75.4 Å². The van der Waals surface area contributed by atoms with Crippen LogP contribution in [0.3, 0.4) is 0 Å². The molecule has 0 spiro atoms. The topological polar surface area (TPSA) is 74.4 Å². The Morgan fingerprint density at radius 2 is 2.15 bits per heavy atom. The number of halogens is 1. The molecule has 2 fully saturated rings. The average molecular weight is 491 g/mol. The molecule has 8 nitrogen and oxygen atoms in total. The van der Waals surface area contributed by atoms with Gasteiger partial charge in [0.05, 0.1) is 21.4 Å². The summed E-state index contributed by atoms with van der Waals surface area (Å²) in [6.07, 6.45) is 1.44. The molecule has 5 rings (SSSR count). The van der Waals surface area contributed by atoms with Gasteiger partial charge >= 0.3 is 6.09 Å². The van der Waals surface area contributed by atoms with Crippen LogP contribution in [0.1, 0.15) is 22.5 Å². The van der Waals surface area contributed by atoms with E-state index < -0.39 is 12.2 Å². The van der Waals surface area contributed by atoms with Crippen molar-refractivity contribution in [1.29, 1.82) is 0 Å². The second-order valence-electron chi connectivity index (χ2n) is 8.84. The molecule has 3 aliphatic rings. The van der Waals surface area contributed by atoms with Gasteiger partial charge < -0.3 is 24.6 Å². The van der Waals surface area contributed by atoms with Gasteiger partial charge in [-0.25, -0.2) is 4.79 Å². The molecule has 10 heteroatoms. The molecule has 2 aromatic rings. The second-order valence-corrected chi connectivity index (χ2v) is 10.6. The van der Waals surface area contributed by atoms with Gasteiger partial charge in [0, 0.05) is 30.9 Å². The molecule has 0 saturated carbocycles. The minimum Gasteiger partial charge on any atom is -0.489 e. The number of likely N-dealkylation sites (N-methyl/N-ethyl adjacent to an activating group) is 1. The Morgan fingerprint density at radius 1 is 1.30 bits per heavy atom. The maximum absolute atomic E-state index is 12.7. The molecule has 3 atom stereocenters. The zero-order valence-electron chi connectivity index (χ0n) is 18.6. The lowest BCUT2D eigenvalue weighted by Crippen LogP contribution is -2.48. The number of piperidine rings is 1. The molecule has 2 amide bonds. The summed E-state index contributed by atoms with van der Waals surface area (Å²) in [6, 6.07) is 9.59. The molecular formula is C23H27ClN4O4S. The summed E-state index contributed by atoms with van der Waals surface area (Å²) >= 11 is 7.12. The molecule has 2 saturated heterocycles. The Bertz CT molecular complexity index is 1060. The van der Waals surface area contributed by atoms with Crippen LogP contribution in [0.5, 0.6) is 5.75 Å². The highest BCUT2D eigenvalue weighted by atomic mass is 35.5. The number of fused-ring (bicyclic) bond motifs is 3. The molecule has 1 N–H and O–H groups in total. The van der Waals surface area contributed by atoms with Crippen molar-refractivity contribution < 1.29 is 19.1 Å². The van der Waals surface area contributed by atoms with Crippen molar-refractivity contribution in [3.8, 4) is 5.75 Å². The lowest BCUT2D eigenvalue weighted by Gasteiger charge is -2.38. The van der Waals surface area contributed by atoms with Crippen molar-refractivity contribution in [3.05, 3.63) is 39.5 Å². The molecule has 1 aromatic heterocycles. The number of hydrogen-bond donors (Lipinski definition) is 1. The Hall–Kier alpha value is -2.49. The lowest BCUT2D eigenvalue weighted by molar-refractivity contribution is 0.0890. The molecule has 1 aromatic carbocycles. The summed E-state index contributed by atoms with van der Waals surface area (Å²) in [7, 11) is 4.25. The third-order valence-electron chi connectivity index (χ3n) is 6.57. The van der Waals surface area contributed by atoms with Crippen molar-refractivity contribution in [2.24, 2.45) is 0 Å². The van der Waals surface area contributed by atoms with Gasteiger partial charge in [-0.1, -0.05) is 11.6 Å². The first kappa shape index (κ1) is 22.3. The van der Waals surface area contributed by atoms with E-state index in [9.17, 15) is 9.59 Å². The van der Waals surface area contributed by atoms with Crippen molar-refractivity contribution in [2.45, 2.75) is 31.0 Å². The molecule has 0 unspecified atom stereocenters. The second kappa shape index (κ2) is 9.04. The molecule has 0 aliphatic carbocycles. The number of amides is 2. The predicted molar refractivity (Wildman–Crippen MR) is 129 cm³/mol. The highest BCUT2D eigenvalue weighted by Crippen LogP contribution is 2.41. The van der Waals surface area contributed by atoms with Crippen LogP contribution < -0.4 is 19.9 Å². The SMILES string of the molecule is CN(C)[C@@H]1CCCN(c2ccc3c(c2)OC[C@H]2[C@H](CNC(=O)c4ccc(Cl)s4)OC(=O)N32)C1. The van der Waals surface area contributed by atoms with E-state index in [0.717, 1.165) is 25.2 Å². The van der Waals surface area contributed by atoms with E-state index in [1.54, 1.807) is 17.0 Å². The highest BCUT2D eigenvalue weighted by molar-refractivity contribution is 7.18. The smallest absolute Gasteiger partial charge is 0.415 e. The van der Waals surface area contributed by atoms with E-state index in [1.165, 1.54) is 17.8 Å². The predicted octanol–water partition coefficient (Wildman–Crippen LogP) is 3.45. The Labute approximate surface area is 202 Å². The molecule has 4 heterocycles. The van der Waals surface area contributed by atoms with Crippen LogP contribution in [0.2, 0.25) is 4.34 Å². The third kappa shape index (κ3) is 4.37. The number of rotatable bonds is 5. The monoisotopic (exact) mass is 490 g/mol. The van der Waals surface area contributed by atoms with Crippen LogP contribution in [0.25, 0.3) is 0 Å². The van der Waals surface area contributed by atoms with Gasteiger partial charge in [-0.05, 0) is 51.2 Å². The molecule has 0 radical (unpaired) electrons. The first-order valence-corrected chi connectivity index (χ1v) is 12.3. The van der Waals surface area contributed by atoms with Gasteiger partial charge in [0.2, 0.25) is 0 Å². The van der Waals surface area contributed by atoms with E-state index in [-0.39, 0.29) is 18.5 Å². The van der Waals surface area contributed by atoms with Crippen LogP contribution in [0.4, 0.5) is 16.2 Å². The molecular weight excluding hydrogens is 464 g/mol. The first-order chi connectivity index (χ1) is 15.9. The van der Waals surface area contributed by atoms with E-state index >= 15 is 0 Å². The number of nitrogens with zero attached hydrogens (tertiary/aromatic N) is 3. The van der Waals surface area contributed by atoms with Gasteiger partial charge in [0.25, 0.3) is 5.91 Å². The van der Waals surface area contributed by atoms with Gasteiger partial charge in [0.1, 0.15) is 24.5 Å². The number of hydrogen-bond acceptors (Lipinski definition) is 7. The standard InChI is InChI=1S/C23H27ClN4O4S/c1-26(2)15-4-3-9-27(12-15)14-5-6-16-18(10-14)31-13-17-19(32-23(30)28(16)17)11-25-22(29)20-7-8-21(24)33-20/h5-8,10,15,17,19H,3-4,9,11-13H2,1-2H3,(H,25,29)/t15-,17+,19+/m1/s1. The summed E-state index contributed by atoms with van der Waals surface area (Å²) < 4.78 is 12.2. The summed E-state index contributed by atoms with van der Waals surface area (Å²) in [5, 5.41) is 2.84. The maximum atomic E-state index is 12.7. The van der Waals surface area contributed by atoms with Gasteiger partial charge in [-0.15, -0.1) is 11.3 Å². The number of anilines is 2. The van der Waals surface area contributed by atoms with Crippen LogP contribution in [0, 0.1) is 0 Å². The molecule has 176 valence electrons. The summed E-state index contributed by atoms with van der Waals surface area (Å²) in [5.74, 6) is 0.450. The zero-order valence-corrected chi connectivity index (χ0v) is 20.2. The largest absolute Gasteiger partial charge is 0.489 e. The van der Waals surface area contributed by atoms with Crippen molar-refractivity contribution >= 4 is 46.3 Å². The average Bonchev–Trinajstić information content (AvgIpc) is 3.40. The van der Waals surface area contributed by atoms with Crippen molar-refractivity contribution in [2.75, 3.05) is 50.1 Å². The number of carbonyl (C=O) groups is 2. The van der Waals surface area contributed by atoms with Crippen LogP contribution in [-0.2, 0) is 4.74 Å². The number of nitrogens with one attached hydrogen (secondary N) is 1. The van der Waals surface area contributed by atoms with E-state index in [2.05, 4.69) is 29.2 Å². The van der Waals surface area contributed by atoms with Crippen LogP contribution >= 0.6 is 22.9 Å². The van der Waals surface area contributed by atoms with Crippen molar-refractivity contribution in [3.63, 3.8) is 0 Å². The number of benzene rings is 1. The Morgan fingerprint density at radius 3 is 2.91 bits per heavy atom. The lowest BCUT2D eigenvalue weighted by atomic mass is 10.0. The number of carbonyl (C=O) groups excluding carboxylic acids is 2. The maximum Gasteiger partial charge on any atom is 0.415 e. The van der Waals surface area contributed by atoms with Gasteiger partial charge in [0.15, 0.2) is 0 Å². The summed E-state index contributed by atoms with van der Waals surface area (Å²) in [5.41, 5.74) is 1.81. The normalized spacial score (nSPS) is 24.2. The van der Waals surface area contributed by atoms with Gasteiger partial charge in [-0.3, -0.25) is 9.69 Å². The zero-order chi connectivity index (χ0) is 23.1. The molecule has 0 bridgehead atoms. The molecule has 3 aliphatic heterocycles. The van der Waals surface area contributed by atoms with Crippen molar-refractivity contribution in [1.82, 2.24) is 10.2 Å². The first-order valence-electron chi connectivity index (χ1n) is 11.1. The summed E-state index contributed by atoms with van der Waals surface area (Å²) in [6.45, 7) is 2.50. The Kier molecular flexibility index (Phi) is 6.11. The number of ether oxygens (including phenoxy) is 2. The van der Waals surface area contributed by atoms with E-state index in [1.807, 2.05) is 18.2 Å². The van der Waals surface area contributed by atoms with E-state index in [4.69, 9.17) is 21.1 Å². The Balaban J connectivity index is 1.28. The van der Waals surface area contributed by atoms with Crippen LogP contribution in [0.15, 0.2) is 30.3 Å². The minimum absolute atomic E-state index is 0.206. The third-order valence-corrected chi connectivity index (χ3v) is 7.80. The minimum atomic E-state index is -0.493. The van der Waals surface area contributed by atoms with E-state index in [0.29, 0.717) is 33.3 Å². The fourth-order valence-electron chi connectivity index (χ4n) is 4.72. The number of cyclic esters (lactones) is 1. The fourth-order valence-corrected chi connectivity index (χ4v) is 5.68. The number of thiophene rings is 1. The molecule has 33 heavy (non-hydrogen) atoms. The quantitative estimate of drug-likeness (QED) is 0.692.